The molecule has 11 heteroatoms. The molecule has 10 nitrogen and oxygen atoms in total. The van der Waals surface area contributed by atoms with Crippen LogP contribution in [-0.4, -0.2) is 67.8 Å². The molecule has 1 aliphatic rings. The van der Waals surface area contributed by atoms with Gasteiger partial charge in [-0.3, -0.25) is 9.59 Å². The van der Waals surface area contributed by atoms with Crippen molar-refractivity contribution >= 4 is 27.3 Å². The number of morpholine rings is 1. The SMILES string of the molecule is CCCn1nc(C(=O)Nc2cc(S(=O)(=O)N3CCOCC3)ccc2N(CC)CC)ccc1=O. The second-order valence-corrected chi connectivity index (χ2v) is 9.54. The molecule has 180 valence electrons. The van der Waals surface area contributed by atoms with Crippen LogP contribution in [0.3, 0.4) is 0 Å². The number of carbonyl (C=O) groups excluding carboxylic acids is 1. The van der Waals surface area contributed by atoms with Crippen LogP contribution in [0.1, 0.15) is 37.7 Å². The summed E-state index contributed by atoms with van der Waals surface area (Å²) >= 11 is 0. The Morgan fingerprint density at radius 3 is 2.45 bits per heavy atom. The Morgan fingerprint density at radius 1 is 1.12 bits per heavy atom. The zero-order valence-electron chi connectivity index (χ0n) is 19.3. The predicted octanol–water partition coefficient (Wildman–Crippen LogP) is 1.77. The van der Waals surface area contributed by atoms with Gasteiger partial charge in [0, 0.05) is 38.8 Å². The Bertz CT molecular complexity index is 1140. The van der Waals surface area contributed by atoms with Crippen molar-refractivity contribution in [3.63, 3.8) is 0 Å². The van der Waals surface area contributed by atoms with E-state index in [9.17, 15) is 18.0 Å². The molecule has 0 saturated carbocycles. The van der Waals surface area contributed by atoms with Crippen LogP contribution < -0.4 is 15.8 Å². The quantitative estimate of drug-likeness (QED) is 0.585. The van der Waals surface area contributed by atoms with Crippen LogP contribution in [0.4, 0.5) is 11.4 Å². The highest BCUT2D eigenvalue weighted by molar-refractivity contribution is 7.89. The van der Waals surface area contributed by atoms with Crippen molar-refractivity contribution in [2.75, 3.05) is 49.6 Å². The van der Waals surface area contributed by atoms with Gasteiger partial charge in [-0.15, -0.1) is 0 Å². The van der Waals surface area contributed by atoms with Gasteiger partial charge >= 0.3 is 0 Å². The number of benzene rings is 1. The van der Waals surface area contributed by atoms with E-state index >= 15 is 0 Å². The third-order valence-electron chi connectivity index (χ3n) is 5.46. The largest absolute Gasteiger partial charge is 0.379 e. The maximum atomic E-state index is 13.2. The highest BCUT2D eigenvalue weighted by atomic mass is 32.2. The van der Waals surface area contributed by atoms with Crippen molar-refractivity contribution in [2.24, 2.45) is 0 Å². The molecule has 1 aliphatic heterocycles. The van der Waals surface area contributed by atoms with E-state index in [1.165, 1.54) is 27.2 Å². The van der Waals surface area contributed by atoms with E-state index in [0.717, 1.165) is 0 Å². The molecule has 2 heterocycles. The number of hydrogen-bond acceptors (Lipinski definition) is 7. The van der Waals surface area contributed by atoms with Gasteiger partial charge in [0.25, 0.3) is 11.5 Å². The smallest absolute Gasteiger partial charge is 0.276 e. The fraction of sp³-hybridized carbons (Fsp3) is 0.500. The molecular weight excluding hydrogens is 446 g/mol. The Balaban J connectivity index is 1.99. The van der Waals surface area contributed by atoms with E-state index in [4.69, 9.17) is 4.74 Å². The fourth-order valence-corrected chi connectivity index (χ4v) is 5.11. The van der Waals surface area contributed by atoms with Gasteiger partial charge in [-0.25, -0.2) is 13.1 Å². The molecule has 1 amide bonds. The molecule has 0 spiro atoms. The summed E-state index contributed by atoms with van der Waals surface area (Å²) in [7, 11) is -3.74. The first-order chi connectivity index (χ1) is 15.8. The average molecular weight is 478 g/mol. The number of sulfonamides is 1. The summed E-state index contributed by atoms with van der Waals surface area (Å²) in [5, 5.41) is 6.97. The summed E-state index contributed by atoms with van der Waals surface area (Å²) in [6, 6.07) is 7.44. The van der Waals surface area contributed by atoms with Crippen LogP contribution in [0.15, 0.2) is 40.0 Å². The van der Waals surface area contributed by atoms with Crippen LogP contribution in [0.5, 0.6) is 0 Å². The van der Waals surface area contributed by atoms with Gasteiger partial charge in [0.2, 0.25) is 10.0 Å². The van der Waals surface area contributed by atoms with Crippen molar-refractivity contribution in [1.29, 1.82) is 0 Å². The first kappa shape index (κ1) is 24.9. The third kappa shape index (κ3) is 5.60. The monoisotopic (exact) mass is 477 g/mol. The molecule has 33 heavy (non-hydrogen) atoms. The molecule has 0 unspecified atom stereocenters. The topological polar surface area (TPSA) is 114 Å². The average Bonchev–Trinajstić information content (AvgIpc) is 2.82. The molecule has 0 bridgehead atoms. The zero-order chi connectivity index (χ0) is 24.0. The van der Waals surface area contributed by atoms with Crippen molar-refractivity contribution < 1.29 is 17.9 Å². The van der Waals surface area contributed by atoms with E-state index in [1.54, 1.807) is 12.1 Å². The summed E-state index contributed by atoms with van der Waals surface area (Å²) in [5.74, 6) is -0.519. The Hall–Kier alpha value is -2.76. The lowest BCUT2D eigenvalue weighted by atomic mass is 10.2. The molecule has 3 rings (SSSR count). The van der Waals surface area contributed by atoms with E-state index in [2.05, 4.69) is 10.4 Å². The normalized spacial score (nSPS) is 14.8. The van der Waals surface area contributed by atoms with Gasteiger partial charge in [-0.05, 0) is 44.5 Å². The molecule has 0 aliphatic carbocycles. The first-order valence-electron chi connectivity index (χ1n) is 11.2. The van der Waals surface area contributed by atoms with E-state index in [1.807, 2.05) is 25.7 Å². The molecule has 1 aromatic carbocycles. The Labute approximate surface area is 194 Å². The van der Waals surface area contributed by atoms with Crippen LogP contribution in [-0.2, 0) is 21.3 Å². The van der Waals surface area contributed by atoms with E-state index in [-0.39, 0.29) is 29.2 Å². The van der Waals surface area contributed by atoms with Gasteiger partial charge in [0.05, 0.1) is 29.5 Å². The maximum absolute atomic E-state index is 13.2. The molecule has 1 aromatic heterocycles. The lowest BCUT2D eigenvalue weighted by Gasteiger charge is -2.28. The molecule has 1 saturated heterocycles. The van der Waals surface area contributed by atoms with Gasteiger partial charge in [0.1, 0.15) is 5.69 Å². The molecule has 1 fully saturated rings. The van der Waals surface area contributed by atoms with Crippen molar-refractivity contribution in [3.05, 3.63) is 46.4 Å². The van der Waals surface area contributed by atoms with Crippen LogP contribution in [0.25, 0.3) is 0 Å². The second-order valence-electron chi connectivity index (χ2n) is 7.60. The number of amides is 1. The number of ether oxygens (including phenoxy) is 1. The third-order valence-corrected chi connectivity index (χ3v) is 7.36. The van der Waals surface area contributed by atoms with E-state index in [0.29, 0.717) is 50.6 Å². The van der Waals surface area contributed by atoms with Gasteiger partial charge in [-0.2, -0.15) is 9.40 Å². The first-order valence-corrected chi connectivity index (χ1v) is 12.6. The number of aryl methyl sites for hydroxylation is 1. The Morgan fingerprint density at radius 2 is 1.82 bits per heavy atom. The minimum absolute atomic E-state index is 0.0787. The van der Waals surface area contributed by atoms with Gasteiger partial charge < -0.3 is 15.0 Å². The number of rotatable bonds is 9. The molecule has 2 aromatic rings. The Kier molecular flexibility index (Phi) is 8.22. The molecule has 0 radical (unpaired) electrons. The summed E-state index contributed by atoms with van der Waals surface area (Å²) in [5.41, 5.74) is 0.870. The number of carbonyl (C=O) groups is 1. The summed E-state index contributed by atoms with van der Waals surface area (Å²) in [6.45, 7) is 8.89. The lowest BCUT2D eigenvalue weighted by molar-refractivity contribution is 0.0730. The number of hydrogen-bond donors (Lipinski definition) is 1. The zero-order valence-corrected chi connectivity index (χ0v) is 20.1. The maximum Gasteiger partial charge on any atom is 0.276 e. The van der Waals surface area contributed by atoms with Crippen LogP contribution >= 0.6 is 0 Å². The molecule has 1 N–H and O–H groups in total. The number of nitrogens with one attached hydrogen (secondary N) is 1. The molecule has 0 atom stereocenters. The van der Waals surface area contributed by atoms with Crippen LogP contribution in [0, 0.1) is 0 Å². The summed E-state index contributed by atoms with van der Waals surface area (Å²) < 4.78 is 34.2. The highest BCUT2D eigenvalue weighted by Crippen LogP contribution is 2.31. The van der Waals surface area contributed by atoms with Crippen LogP contribution in [0.2, 0.25) is 0 Å². The number of nitrogens with zero attached hydrogens (tertiary/aromatic N) is 4. The van der Waals surface area contributed by atoms with Gasteiger partial charge in [-0.1, -0.05) is 6.92 Å². The van der Waals surface area contributed by atoms with Gasteiger partial charge in [0.15, 0.2) is 0 Å². The number of anilines is 2. The van der Waals surface area contributed by atoms with Crippen molar-refractivity contribution in [2.45, 2.75) is 38.6 Å². The minimum atomic E-state index is -3.74. The fourth-order valence-electron chi connectivity index (χ4n) is 3.68. The minimum Gasteiger partial charge on any atom is -0.379 e. The lowest BCUT2D eigenvalue weighted by Crippen LogP contribution is -2.40. The van der Waals surface area contributed by atoms with E-state index < -0.39 is 15.9 Å². The standard InChI is InChI=1S/C22H31N5O5S/c1-4-11-27-21(28)10-8-18(24-27)22(29)23-19-16-17(7-9-20(19)25(5-2)6-3)33(30,31)26-12-14-32-15-13-26/h7-10,16H,4-6,11-15H2,1-3H3,(H,23,29). The highest BCUT2D eigenvalue weighted by Gasteiger charge is 2.27. The summed E-state index contributed by atoms with van der Waals surface area (Å²) in [6.07, 6.45) is 0.700. The summed E-state index contributed by atoms with van der Waals surface area (Å²) in [4.78, 5) is 27.1. The second kappa shape index (κ2) is 10.9. The number of aromatic nitrogens is 2. The van der Waals surface area contributed by atoms with Crippen molar-refractivity contribution in [3.8, 4) is 0 Å². The molecular formula is C22H31N5O5S. The van der Waals surface area contributed by atoms with Crippen molar-refractivity contribution in [1.82, 2.24) is 14.1 Å². The predicted molar refractivity (Wildman–Crippen MR) is 126 cm³/mol.